The summed E-state index contributed by atoms with van der Waals surface area (Å²) in [6.07, 6.45) is 5.45. The van der Waals surface area contributed by atoms with Crippen LogP contribution >= 0.6 is 0 Å². The van der Waals surface area contributed by atoms with Crippen LogP contribution in [-0.4, -0.2) is 33.6 Å². The Balaban J connectivity index is 1.39. The van der Waals surface area contributed by atoms with Crippen molar-refractivity contribution >= 4 is 17.4 Å². The standard InChI is InChI=1S/C20H20FN5O/c21-17-4-1-15(2-5-17)16-3-6-18(22)19(9-16)24-20(27)26-11-14(12-26)10-25-8-7-23-13-25/h1-9,13-14H,10-12,22H2,(H,24,27). The molecule has 0 saturated carbocycles. The van der Waals surface area contributed by atoms with E-state index < -0.39 is 0 Å². The Morgan fingerprint density at radius 3 is 2.63 bits per heavy atom. The predicted octanol–water partition coefficient (Wildman–Crippen LogP) is 3.44. The van der Waals surface area contributed by atoms with Crippen LogP contribution in [0.15, 0.2) is 61.2 Å². The van der Waals surface area contributed by atoms with Gasteiger partial charge in [0, 0.05) is 37.9 Å². The van der Waals surface area contributed by atoms with Crippen molar-refractivity contribution in [3.05, 3.63) is 67.0 Å². The zero-order valence-corrected chi connectivity index (χ0v) is 14.7. The summed E-state index contributed by atoms with van der Waals surface area (Å²) in [5, 5.41) is 2.88. The molecule has 27 heavy (non-hydrogen) atoms. The van der Waals surface area contributed by atoms with Crippen molar-refractivity contribution in [2.45, 2.75) is 6.54 Å². The molecule has 6 nitrogen and oxygen atoms in total. The number of anilines is 2. The van der Waals surface area contributed by atoms with Crippen molar-refractivity contribution in [2.75, 3.05) is 24.1 Å². The van der Waals surface area contributed by atoms with Crippen molar-refractivity contribution in [1.29, 1.82) is 0 Å². The molecule has 0 radical (unpaired) electrons. The third kappa shape index (κ3) is 3.76. The molecule has 0 unspecified atom stereocenters. The number of halogens is 1. The van der Waals surface area contributed by atoms with E-state index in [1.807, 2.05) is 22.9 Å². The largest absolute Gasteiger partial charge is 0.397 e. The minimum atomic E-state index is -0.286. The molecule has 3 aromatic rings. The lowest BCUT2D eigenvalue weighted by molar-refractivity contribution is 0.120. The molecule has 1 aliphatic rings. The van der Waals surface area contributed by atoms with Crippen LogP contribution in [0, 0.1) is 11.7 Å². The summed E-state index contributed by atoms with van der Waals surface area (Å²) in [7, 11) is 0. The Labute approximate surface area is 156 Å². The van der Waals surface area contributed by atoms with Gasteiger partial charge in [0.1, 0.15) is 5.82 Å². The van der Waals surface area contributed by atoms with Gasteiger partial charge in [-0.1, -0.05) is 18.2 Å². The van der Waals surface area contributed by atoms with E-state index in [0.717, 1.165) is 17.7 Å². The van der Waals surface area contributed by atoms with Crippen molar-refractivity contribution in [3.8, 4) is 11.1 Å². The quantitative estimate of drug-likeness (QED) is 0.696. The van der Waals surface area contributed by atoms with E-state index in [2.05, 4.69) is 10.3 Å². The van der Waals surface area contributed by atoms with E-state index in [0.29, 0.717) is 30.4 Å². The van der Waals surface area contributed by atoms with Crippen LogP contribution in [0.2, 0.25) is 0 Å². The van der Waals surface area contributed by atoms with Gasteiger partial charge in [0.15, 0.2) is 0 Å². The second-order valence-electron chi connectivity index (χ2n) is 6.77. The van der Waals surface area contributed by atoms with E-state index in [1.54, 1.807) is 35.6 Å². The lowest BCUT2D eigenvalue weighted by Crippen LogP contribution is -2.52. The highest BCUT2D eigenvalue weighted by atomic mass is 19.1. The highest BCUT2D eigenvalue weighted by Gasteiger charge is 2.31. The number of nitrogen functional groups attached to an aromatic ring is 1. The predicted molar refractivity (Wildman–Crippen MR) is 103 cm³/mol. The third-order valence-corrected chi connectivity index (χ3v) is 4.75. The molecule has 2 aromatic carbocycles. The second kappa shape index (κ2) is 7.11. The van der Waals surface area contributed by atoms with E-state index in [1.165, 1.54) is 12.1 Å². The van der Waals surface area contributed by atoms with Crippen LogP contribution < -0.4 is 11.1 Å². The van der Waals surface area contributed by atoms with Gasteiger partial charge in [-0.2, -0.15) is 0 Å². The fourth-order valence-corrected chi connectivity index (χ4v) is 3.22. The molecule has 2 amide bonds. The number of rotatable bonds is 4. The van der Waals surface area contributed by atoms with Gasteiger partial charge >= 0.3 is 6.03 Å². The molecule has 0 aliphatic carbocycles. The number of carbonyl (C=O) groups excluding carboxylic acids is 1. The maximum absolute atomic E-state index is 13.1. The average Bonchev–Trinajstić information content (AvgIpc) is 3.13. The normalized spacial score (nSPS) is 14.0. The Kier molecular flexibility index (Phi) is 4.50. The first-order chi connectivity index (χ1) is 13.1. The first-order valence-corrected chi connectivity index (χ1v) is 8.75. The summed E-state index contributed by atoms with van der Waals surface area (Å²) in [5.74, 6) is 0.138. The van der Waals surface area contributed by atoms with Gasteiger partial charge in [0.05, 0.1) is 17.7 Å². The summed E-state index contributed by atoms with van der Waals surface area (Å²) >= 11 is 0. The van der Waals surface area contributed by atoms with Crippen molar-refractivity contribution in [2.24, 2.45) is 5.92 Å². The number of urea groups is 1. The van der Waals surface area contributed by atoms with Gasteiger partial charge in [0.2, 0.25) is 0 Å². The van der Waals surface area contributed by atoms with Crippen LogP contribution in [0.5, 0.6) is 0 Å². The van der Waals surface area contributed by atoms with E-state index in [-0.39, 0.29) is 11.8 Å². The molecule has 1 aliphatic heterocycles. The van der Waals surface area contributed by atoms with Gasteiger partial charge in [-0.15, -0.1) is 0 Å². The minimum Gasteiger partial charge on any atom is -0.397 e. The fraction of sp³-hybridized carbons (Fsp3) is 0.200. The molecule has 1 fully saturated rings. The lowest BCUT2D eigenvalue weighted by atomic mass is 10.0. The molecule has 0 bridgehead atoms. The molecule has 0 atom stereocenters. The Bertz CT molecular complexity index is 934. The minimum absolute atomic E-state index is 0.167. The number of nitrogens with two attached hydrogens (primary N) is 1. The Morgan fingerprint density at radius 1 is 1.19 bits per heavy atom. The first kappa shape index (κ1) is 17.1. The average molecular weight is 365 g/mol. The number of nitrogens with one attached hydrogen (secondary N) is 1. The Hall–Kier alpha value is -3.35. The molecule has 7 heteroatoms. The SMILES string of the molecule is Nc1ccc(-c2ccc(F)cc2)cc1NC(=O)N1CC(Cn2ccnc2)C1. The smallest absolute Gasteiger partial charge is 0.321 e. The molecular weight excluding hydrogens is 345 g/mol. The summed E-state index contributed by atoms with van der Waals surface area (Å²) in [6, 6.07) is 11.4. The molecule has 2 heterocycles. The van der Waals surface area contributed by atoms with Crippen LogP contribution in [-0.2, 0) is 6.54 Å². The number of nitrogens with zero attached hydrogens (tertiary/aromatic N) is 3. The van der Waals surface area contributed by atoms with E-state index >= 15 is 0 Å². The number of amides is 2. The summed E-state index contributed by atoms with van der Waals surface area (Å²) in [4.78, 5) is 18.3. The van der Waals surface area contributed by atoms with Crippen LogP contribution in [0.25, 0.3) is 11.1 Å². The molecule has 1 aromatic heterocycles. The van der Waals surface area contributed by atoms with Crippen molar-refractivity contribution in [1.82, 2.24) is 14.5 Å². The van der Waals surface area contributed by atoms with E-state index in [9.17, 15) is 9.18 Å². The first-order valence-electron chi connectivity index (χ1n) is 8.75. The number of imidazole rings is 1. The highest BCUT2D eigenvalue weighted by Crippen LogP contribution is 2.28. The number of aromatic nitrogens is 2. The topological polar surface area (TPSA) is 76.2 Å². The number of hydrogen-bond donors (Lipinski definition) is 2. The van der Waals surface area contributed by atoms with Crippen LogP contribution in [0.4, 0.5) is 20.6 Å². The number of likely N-dealkylation sites (tertiary alicyclic amines) is 1. The summed E-state index contributed by atoms with van der Waals surface area (Å²) in [5.41, 5.74) is 8.78. The van der Waals surface area contributed by atoms with Gasteiger partial charge in [-0.25, -0.2) is 14.2 Å². The highest BCUT2D eigenvalue weighted by molar-refractivity contribution is 5.94. The van der Waals surface area contributed by atoms with Gasteiger partial charge in [0.25, 0.3) is 0 Å². The van der Waals surface area contributed by atoms with Crippen LogP contribution in [0.1, 0.15) is 0 Å². The molecule has 3 N–H and O–H groups in total. The third-order valence-electron chi connectivity index (χ3n) is 4.75. The fourth-order valence-electron chi connectivity index (χ4n) is 3.22. The molecule has 4 rings (SSSR count). The molecule has 138 valence electrons. The van der Waals surface area contributed by atoms with Gasteiger partial charge < -0.3 is 20.5 Å². The Morgan fingerprint density at radius 2 is 1.93 bits per heavy atom. The monoisotopic (exact) mass is 365 g/mol. The lowest BCUT2D eigenvalue weighted by Gasteiger charge is -2.39. The zero-order valence-electron chi connectivity index (χ0n) is 14.7. The summed E-state index contributed by atoms with van der Waals surface area (Å²) < 4.78 is 15.1. The van der Waals surface area contributed by atoms with Gasteiger partial charge in [-0.3, -0.25) is 0 Å². The van der Waals surface area contributed by atoms with Crippen molar-refractivity contribution < 1.29 is 9.18 Å². The molecule has 0 spiro atoms. The van der Waals surface area contributed by atoms with Crippen molar-refractivity contribution in [3.63, 3.8) is 0 Å². The summed E-state index contributed by atoms with van der Waals surface area (Å²) in [6.45, 7) is 2.25. The van der Waals surface area contributed by atoms with Gasteiger partial charge in [-0.05, 0) is 35.4 Å². The number of hydrogen-bond acceptors (Lipinski definition) is 3. The number of carbonyl (C=O) groups is 1. The van der Waals surface area contributed by atoms with Crippen LogP contribution in [0.3, 0.4) is 0 Å². The maximum atomic E-state index is 13.1. The maximum Gasteiger partial charge on any atom is 0.321 e. The molecule has 1 saturated heterocycles. The zero-order chi connectivity index (χ0) is 18.8. The second-order valence-corrected chi connectivity index (χ2v) is 6.77. The molecular formula is C20H20FN5O. The number of benzene rings is 2. The van der Waals surface area contributed by atoms with E-state index in [4.69, 9.17) is 5.73 Å².